The summed E-state index contributed by atoms with van der Waals surface area (Å²) < 4.78 is 12.8. The van der Waals surface area contributed by atoms with Crippen LogP contribution in [-0.2, 0) is 9.47 Å². The molecule has 1 N–H and O–H groups in total. The van der Waals surface area contributed by atoms with Gasteiger partial charge in [-0.2, -0.15) is 0 Å². The third kappa shape index (κ3) is 13.2. The summed E-state index contributed by atoms with van der Waals surface area (Å²) in [5.74, 6) is -0.714. The van der Waals surface area contributed by atoms with Crippen molar-refractivity contribution in [3.05, 3.63) is 0 Å². The molecule has 0 heterocycles. The van der Waals surface area contributed by atoms with Crippen LogP contribution in [-0.4, -0.2) is 23.2 Å². The molecule has 0 rings (SSSR count). The highest BCUT2D eigenvalue weighted by atomic mass is 16.7. The van der Waals surface area contributed by atoms with Crippen LogP contribution in [0.5, 0.6) is 0 Å². The summed E-state index contributed by atoms with van der Waals surface area (Å²) in [7, 11) is 0. The molecule has 0 fully saturated rings. The number of hydrogen-bond donors (Lipinski definition) is 1. The molecule has 0 aliphatic heterocycles. The van der Waals surface area contributed by atoms with Crippen LogP contribution in [0, 0.1) is 0 Å². The van der Waals surface area contributed by atoms with Crippen LogP contribution in [0.15, 0.2) is 0 Å². The molecule has 24 heavy (non-hydrogen) atoms. The van der Waals surface area contributed by atoms with Gasteiger partial charge in [-0.3, -0.25) is 5.32 Å². The topological polar surface area (TPSA) is 30.5 Å². The van der Waals surface area contributed by atoms with Gasteiger partial charge in [0.15, 0.2) is 0 Å². The summed E-state index contributed by atoms with van der Waals surface area (Å²) in [6.07, 6.45) is 9.93. The van der Waals surface area contributed by atoms with E-state index in [4.69, 9.17) is 9.47 Å². The fourth-order valence-corrected chi connectivity index (χ4v) is 3.00. The maximum absolute atomic E-state index is 6.42. The first-order chi connectivity index (χ1) is 10.9. The molecular weight excluding hydrogens is 298 g/mol. The van der Waals surface area contributed by atoms with Crippen molar-refractivity contribution in [2.45, 2.75) is 137 Å². The zero-order valence-electron chi connectivity index (χ0n) is 18.1. The molecule has 0 saturated carbocycles. The van der Waals surface area contributed by atoms with Gasteiger partial charge in [-0.25, -0.2) is 0 Å². The number of rotatable bonds is 12. The Bertz CT molecular complexity index is 297. The number of nitrogens with one attached hydrogen (secondary N) is 1. The quantitative estimate of drug-likeness (QED) is 0.328. The van der Waals surface area contributed by atoms with E-state index in [0.29, 0.717) is 6.04 Å². The lowest BCUT2D eigenvalue weighted by Gasteiger charge is -2.44. The molecule has 3 heteroatoms. The molecule has 0 aromatic carbocycles. The van der Waals surface area contributed by atoms with Crippen LogP contribution in [0.4, 0.5) is 0 Å². The van der Waals surface area contributed by atoms with Crippen molar-refractivity contribution in [1.82, 2.24) is 5.32 Å². The molecule has 0 aromatic heterocycles. The standard InChI is InChI=1S/C21H45NO2/c1-10-11-12-13-14-15-16-17-21(22-18(2)3,23-19(4,5)6)24-20(7,8)9/h18,22H,10-17H2,1-9H3. The van der Waals surface area contributed by atoms with Crippen LogP contribution >= 0.6 is 0 Å². The van der Waals surface area contributed by atoms with Gasteiger partial charge >= 0.3 is 0 Å². The third-order valence-corrected chi connectivity index (χ3v) is 3.56. The van der Waals surface area contributed by atoms with E-state index in [1.807, 2.05) is 0 Å². The molecule has 146 valence electrons. The zero-order chi connectivity index (χ0) is 18.9. The Morgan fingerprint density at radius 2 is 1.12 bits per heavy atom. The Labute approximate surface area is 152 Å². The van der Waals surface area contributed by atoms with Gasteiger partial charge in [0, 0.05) is 12.5 Å². The van der Waals surface area contributed by atoms with Crippen LogP contribution in [0.2, 0.25) is 0 Å². The Hall–Kier alpha value is -0.120. The summed E-state index contributed by atoms with van der Waals surface area (Å²) in [4.78, 5) is 0. The summed E-state index contributed by atoms with van der Waals surface area (Å²) >= 11 is 0. The van der Waals surface area contributed by atoms with E-state index in [9.17, 15) is 0 Å². The lowest BCUT2D eigenvalue weighted by Crippen LogP contribution is -2.58. The Morgan fingerprint density at radius 1 is 0.708 bits per heavy atom. The highest BCUT2D eigenvalue weighted by molar-refractivity contribution is 4.79. The van der Waals surface area contributed by atoms with E-state index in [1.165, 1.54) is 38.5 Å². The van der Waals surface area contributed by atoms with Crippen molar-refractivity contribution in [3.8, 4) is 0 Å². The zero-order valence-corrected chi connectivity index (χ0v) is 18.1. The third-order valence-electron chi connectivity index (χ3n) is 3.56. The normalized spacial score (nSPS) is 13.8. The first kappa shape index (κ1) is 23.9. The predicted octanol–water partition coefficient (Wildman–Crippen LogP) is 6.41. The highest BCUT2D eigenvalue weighted by Crippen LogP contribution is 2.30. The molecule has 0 unspecified atom stereocenters. The summed E-state index contributed by atoms with van der Waals surface area (Å²) in [6, 6.07) is 0.305. The molecule has 0 aromatic rings. The van der Waals surface area contributed by atoms with Gasteiger partial charge < -0.3 is 9.47 Å². The van der Waals surface area contributed by atoms with Crippen molar-refractivity contribution in [2.24, 2.45) is 0 Å². The summed E-state index contributed by atoms with van der Waals surface area (Å²) in [5.41, 5.74) is -0.511. The van der Waals surface area contributed by atoms with Crippen molar-refractivity contribution in [1.29, 1.82) is 0 Å². The van der Waals surface area contributed by atoms with E-state index in [0.717, 1.165) is 12.8 Å². The average molecular weight is 344 g/mol. The van der Waals surface area contributed by atoms with Gasteiger partial charge in [0.05, 0.1) is 11.2 Å². The fraction of sp³-hybridized carbons (Fsp3) is 1.00. The smallest absolute Gasteiger partial charge is 0.228 e. The highest BCUT2D eigenvalue weighted by Gasteiger charge is 2.40. The van der Waals surface area contributed by atoms with Gasteiger partial charge in [-0.1, -0.05) is 45.4 Å². The van der Waals surface area contributed by atoms with E-state index in [2.05, 4.69) is 67.6 Å². The average Bonchev–Trinajstić information content (AvgIpc) is 2.32. The van der Waals surface area contributed by atoms with E-state index >= 15 is 0 Å². The predicted molar refractivity (Wildman–Crippen MR) is 105 cm³/mol. The van der Waals surface area contributed by atoms with Gasteiger partial charge in [-0.05, 0) is 61.8 Å². The molecule has 0 radical (unpaired) electrons. The van der Waals surface area contributed by atoms with Gasteiger partial charge in [0.1, 0.15) is 0 Å². The van der Waals surface area contributed by atoms with Crippen molar-refractivity contribution >= 4 is 0 Å². The molecule has 0 aliphatic carbocycles. The fourth-order valence-electron chi connectivity index (χ4n) is 3.00. The Balaban J connectivity index is 4.80. The molecule has 0 aliphatic rings. The SMILES string of the molecule is CCCCCCCCCC(NC(C)C)(OC(C)(C)C)OC(C)(C)C. The minimum Gasteiger partial charge on any atom is -0.332 e. The van der Waals surface area contributed by atoms with Crippen LogP contribution in [0.1, 0.15) is 114 Å². The minimum atomic E-state index is -0.714. The van der Waals surface area contributed by atoms with Gasteiger partial charge in [0.25, 0.3) is 0 Å². The monoisotopic (exact) mass is 343 g/mol. The van der Waals surface area contributed by atoms with E-state index < -0.39 is 5.91 Å². The molecule has 0 atom stereocenters. The van der Waals surface area contributed by atoms with Crippen molar-refractivity contribution in [3.63, 3.8) is 0 Å². The number of hydrogen-bond acceptors (Lipinski definition) is 3. The minimum absolute atomic E-state index is 0.256. The van der Waals surface area contributed by atoms with Crippen LogP contribution in [0.3, 0.4) is 0 Å². The molecule has 0 saturated heterocycles. The maximum atomic E-state index is 6.42. The largest absolute Gasteiger partial charge is 0.332 e. The molecule has 3 nitrogen and oxygen atoms in total. The lowest BCUT2D eigenvalue weighted by atomic mass is 10.1. The van der Waals surface area contributed by atoms with Crippen LogP contribution in [0.25, 0.3) is 0 Å². The van der Waals surface area contributed by atoms with Gasteiger partial charge in [-0.15, -0.1) is 0 Å². The molecule has 0 spiro atoms. The second kappa shape index (κ2) is 10.8. The molecule has 0 amide bonds. The number of ether oxygens (including phenoxy) is 2. The Morgan fingerprint density at radius 3 is 1.50 bits per heavy atom. The van der Waals surface area contributed by atoms with Crippen LogP contribution < -0.4 is 5.32 Å². The lowest BCUT2D eigenvalue weighted by molar-refractivity contribution is -0.332. The first-order valence-electron chi connectivity index (χ1n) is 10.1. The Kier molecular flexibility index (Phi) is 10.7. The van der Waals surface area contributed by atoms with E-state index in [-0.39, 0.29) is 11.2 Å². The second-order valence-electron chi connectivity index (χ2n) is 9.35. The maximum Gasteiger partial charge on any atom is 0.228 e. The van der Waals surface area contributed by atoms with Gasteiger partial charge in [0.2, 0.25) is 5.91 Å². The number of unbranched alkanes of at least 4 members (excludes halogenated alkanes) is 6. The molecule has 0 bridgehead atoms. The van der Waals surface area contributed by atoms with Crippen molar-refractivity contribution < 1.29 is 9.47 Å². The second-order valence-corrected chi connectivity index (χ2v) is 9.35. The summed E-state index contributed by atoms with van der Waals surface area (Å²) in [6.45, 7) is 19.2. The molecular formula is C21H45NO2. The first-order valence-corrected chi connectivity index (χ1v) is 10.1. The summed E-state index contributed by atoms with van der Waals surface area (Å²) in [5, 5.41) is 3.57. The van der Waals surface area contributed by atoms with E-state index in [1.54, 1.807) is 0 Å². The van der Waals surface area contributed by atoms with Crippen molar-refractivity contribution in [2.75, 3.05) is 0 Å².